The van der Waals surface area contributed by atoms with Crippen molar-refractivity contribution < 1.29 is 5.11 Å². The largest absolute Gasteiger partial charge is 0.389 e. The lowest BCUT2D eigenvalue weighted by molar-refractivity contribution is 0.0162. The second kappa shape index (κ2) is 6.13. The van der Waals surface area contributed by atoms with Gasteiger partial charge in [0.05, 0.1) is 16.3 Å². The van der Waals surface area contributed by atoms with Crippen LogP contribution in [0.1, 0.15) is 42.8 Å². The molecule has 0 aromatic carbocycles. The molecule has 0 bridgehead atoms. The van der Waals surface area contributed by atoms with Gasteiger partial charge in [-0.05, 0) is 46.2 Å². The Morgan fingerprint density at radius 3 is 2.78 bits per heavy atom. The fourth-order valence-corrected chi connectivity index (χ4v) is 3.47. The third kappa shape index (κ3) is 4.04. The smallest absolute Gasteiger partial charge is 0.0897 e. The average molecular weight is 268 g/mol. The monoisotopic (exact) mass is 268 g/mol. The van der Waals surface area contributed by atoms with Crippen molar-refractivity contribution in [1.82, 2.24) is 9.88 Å². The number of nitrogens with zero attached hydrogens (tertiary/aromatic N) is 2. The van der Waals surface area contributed by atoms with Gasteiger partial charge in [-0.25, -0.2) is 4.98 Å². The minimum atomic E-state index is -0.411. The molecule has 102 valence electrons. The Morgan fingerprint density at radius 1 is 1.44 bits per heavy atom. The number of likely N-dealkylation sites (N-methyl/N-ethyl adjacent to an activating group) is 1. The van der Waals surface area contributed by atoms with E-state index in [-0.39, 0.29) is 0 Å². The lowest BCUT2D eigenvalue weighted by Crippen LogP contribution is -2.39. The molecule has 1 fully saturated rings. The van der Waals surface area contributed by atoms with Crippen LogP contribution in [0.3, 0.4) is 0 Å². The maximum Gasteiger partial charge on any atom is 0.0897 e. The summed E-state index contributed by atoms with van der Waals surface area (Å²) in [6.45, 7) is 3.91. The molecule has 0 spiro atoms. The fraction of sp³-hybridized carbons (Fsp3) is 0.786. The van der Waals surface area contributed by atoms with Crippen LogP contribution in [0.4, 0.5) is 0 Å². The van der Waals surface area contributed by atoms with Gasteiger partial charge in [-0.15, -0.1) is 11.3 Å². The van der Waals surface area contributed by atoms with Gasteiger partial charge in [0, 0.05) is 11.9 Å². The summed E-state index contributed by atoms with van der Waals surface area (Å²) in [5, 5.41) is 13.6. The average Bonchev–Trinajstić information content (AvgIpc) is 2.88. The van der Waals surface area contributed by atoms with E-state index >= 15 is 0 Å². The number of thiazole rings is 1. The van der Waals surface area contributed by atoms with Gasteiger partial charge in [-0.2, -0.15) is 0 Å². The number of hydrogen-bond acceptors (Lipinski definition) is 4. The van der Waals surface area contributed by atoms with E-state index in [1.165, 1.54) is 18.5 Å². The first-order chi connectivity index (χ1) is 8.57. The molecule has 0 atom stereocenters. The summed E-state index contributed by atoms with van der Waals surface area (Å²) in [5.41, 5.74) is 0.803. The molecule has 1 N–H and O–H groups in total. The second-order valence-corrected chi connectivity index (χ2v) is 6.69. The Hall–Kier alpha value is -0.450. The Balaban J connectivity index is 1.67. The zero-order valence-electron chi connectivity index (χ0n) is 11.5. The van der Waals surface area contributed by atoms with Gasteiger partial charge < -0.3 is 10.0 Å². The summed E-state index contributed by atoms with van der Waals surface area (Å²) < 4.78 is 0. The number of aromatic nitrogens is 1. The van der Waals surface area contributed by atoms with E-state index in [0.29, 0.717) is 0 Å². The Labute approximate surface area is 114 Å². The molecule has 0 aliphatic heterocycles. The van der Waals surface area contributed by atoms with Gasteiger partial charge >= 0.3 is 0 Å². The van der Waals surface area contributed by atoms with Gasteiger partial charge in [-0.3, -0.25) is 0 Å². The summed E-state index contributed by atoms with van der Waals surface area (Å²) in [6.07, 6.45) is 6.49. The van der Waals surface area contributed by atoms with E-state index in [9.17, 15) is 5.11 Å². The van der Waals surface area contributed by atoms with E-state index in [2.05, 4.69) is 29.2 Å². The van der Waals surface area contributed by atoms with Crippen molar-refractivity contribution in [2.75, 3.05) is 20.1 Å². The quantitative estimate of drug-likeness (QED) is 0.861. The van der Waals surface area contributed by atoms with Gasteiger partial charge in [0.15, 0.2) is 0 Å². The zero-order valence-corrected chi connectivity index (χ0v) is 12.3. The first kappa shape index (κ1) is 14.0. The van der Waals surface area contributed by atoms with Crippen LogP contribution in [-0.2, 0) is 6.42 Å². The van der Waals surface area contributed by atoms with Gasteiger partial charge in [-0.1, -0.05) is 12.8 Å². The third-order valence-electron chi connectivity index (χ3n) is 3.74. The highest BCUT2D eigenvalue weighted by molar-refractivity contribution is 7.09. The van der Waals surface area contributed by atoms with Crippen LogP contribution in [0.25, 0.3) is 0 Å². The van der Waals surface area contributed by atoms with Crippen LogP contribution >= 0.6 is 11.3 Å². The molecule has 3 nitrogen and oxygen atoms in total. The fourth-order valence-electron chi connectivity index (χ4n) is 2.83. The molecule has 1 heterocycles. The molecule has 1 aliphatic rings. The van der Waals surface area contributed by atoms with Crippen LogP contribution in [0.2, 0.25) is 0 Å². The molecule has 2 rings (SSSR count). The van der Waals surface area contributed by atoms with Crippen LogP contribution in [-0.4, -0.2) is 40.7 Å². The summed E-state index contributed by atoms with van der Waals surface area (Å²) >= 11 is 1.72. The molecule has 0 amide bonds. The predicted octanol–water partition coefficient (Wildman–Crippen LogP) is 2.62. The highest BCUT2D eigenvalue weighted by Crippen LogP contribution is 2.29. The lowest BCUT2D eigenvalue weighted by Gasteiger charge is -2.28. The highest BCUT2D eigenvalue weighted by atomic mass is 32.1. The van der Waals surface area contributed by atoms with Crippen LogP contribution in [0, 0.1) is 6.92 Å². The molecular formula is C14H24N2OS. The summed E-state index contributed by atoms with van der Waals surface area (Å²) in [4.78, 5) is 6.74. The van der Waals surface area contributed by atoms with Crippen LogP contribution in [0.5, 0.6) is 0 Å². The third-order valence-corrected chi connectivity index (χ3v) is 4.56. The lowest BCUT2D eigenvalue weighted by atomic mass is 10.0. The first-order valence-corrected chi connectivity index (χ1v) is 7.77. The maximum atomic E-state index is 10.3. The number of aryl methyl sites for hydroxylation is 2. The molecule has 0 unspecified atom stereocenters. The second-order valence-electron chi connectivity index (χ2n) is 5.63. The minimum Gasteiger partial charge on any atom is -0.389 e. The van der Waals surface area contributed by atoms with Gasteiger partial charge in [0.25, 0.3) is 0 Å². The van der Waals surface area contributed by atoms with Crippen molar-refractivity contribution in [3.63, 3.8) is 0 Å². The van der Waals surface area contributed by atoms with Crippen molar-refractivity contribution in [2.45, 2.75) is 51.0 Å². The van der Waals surface area contributed by atoms with Crippen molar-refractivity contribution in [2.24, 2.45) is 0 Å². The molecule has 18 heavy (non-hydrogen) atoms. The van der Waals surface area contributed by atoms with Crippen molar-refractivity contribution in [3.05, 3.63) is 16.1 Å². The first-order valence-electron chi connectivity index (χ1n) is 6.89. The number of hydrogen-bond donors (Lipinski definition) is 1. The molecule has 0 saturated heterocycles. The normalized spacial score (nSPS) is 18.7. The summed E-state index contributed by atoms with van der Waals surface area (Å²) in [6, 6.07) is 0. The number of rotatable bonds is 6. The summed E-state index contributed by atoms with van der Waals surface area (Å²) in [7, 11) is 2.11. The molecule has 4 heteroatoms. The molecule has 0 radical (unpaired) electrons. The van der Waals surface area contributed by atoms with E-state index in [1.54, 1.807) is 11.3 Å². The summed E-state index contributed by atoms with van der Waals surface area (Å²) in [5.74, 6) is 0. The van der Waals surface area contributed by atoms with Crippen molar-refractivity contribution >= 4 is 11.3 Å². The Kier molecular flexibility index (Phi) is 4.76. The minimum absolute atomic E-state index is 0.411. The molecule has 1 saturated carbocycles. The molecule has 1 aliphatic carbocycles. The van der Waals surface area contributed by atoms with E-state index < -0.39 is 5.60 Å². The van der Waals surface area contributed by atoms with E-state index in [0.717, 1.165) is 43.8 Å². The van der Waals surface area contributed by atoms with Crippen molar-refractivity contribution in [1.29, 1.82) is 0 Å². The SMILES string of the molecule is Cc1nc(CCCN(C)CC2(O)CCCC2)cs1. The maximum absolute atomic E-state index is 10.3. The Bertz CT molecular complexity index is 372. The number of aliphatic hydroxyl groups is 1. The molecular weight excluding hydrogens is 244 g/mol. The highest BCUT2D eigenvalue weighted by Gasteiger charge is 2.31. The van der Waals surface area contributed by atoms with Crippen LogP contribution in [0.15, 0.2) is 5.38 Å². The Morgan fingerprint density at radius 2 is 2.17 bits per heavy atom. The standard InChI is InChI=1S/C14H24N2OS/c1-12-15-13(10-18-12)6-5-9-16(2)11-14(17)7-3-4-8-14/h10,17H,3-9,11H2,1-2H3. The zero-order chi connectivity index (χ0) is 13.0. The molecule has 1 aromatic rings. The van der Waals surface area contributed by atoms with E-state index in [4.69, 9.17) is 0 Å². The molecule has 1 aromatic heterocycles. The predicted molar refractivity (Wildman–Crippen MR) is 76.1 cm³/mol. The van der Waals surface area contributed by atoms with Gasteiger partial charge in [0.2, 0.25) is 0 Å². The van der Waals surface area contributed by atoms with Gasteiger partial charge in [0.1, 0.15) is 0 Å². The van der Waals surface area contributed by atoms with Crippen molar-refractivity contribution in [3.8, 4) is 0 Å². The van der Waals surface area contributed by atoms with E-state index in [1.807, 2.05) is 0 Å². The van der Waals surface area contributed by atoms with Crippen LogP contribution < -0.4 is 0 Å². The topological polar surface area (TPSA) is 36.4 Å².